The predicted octanol–water partition coefficient (Wildman–Crippen LogP) is 1.03. The van der Waals surface area contributed by atoms with E-state index in [9.17, 15) is 12.8 Å². The third-order valence-electron chi connectivity index (χ3n) is 3.45. The smallest absolute Gasteiger partial charge is 0.242 e. The minimum absolute atomic E-state index is 0.0853. The number of halogens is 1. The van der Waals surface area contributed by atoms with Crippen molar-refractivity contribution in [2.45, 2.75) is 42.7 Å². The van der Waals surface area contributed by atoms with Gasteiger partial charge in [-0.3, -0.25) is 4.98 Å². The highest BCUT2D eigenvalue weighted by atomic mass is 32.2. The number of aromatic nitrogens is 1. The maximum atomic E-state index is 13.0. The van der Waals surface area contributed by atoms with Crippen LogP contribution < -0.4 is 10.0 Å². The summed E-state index contributed by atoms with van der Waals surface area (Å²) in [5.74, 6) is -0.651. The van der Waals surface area contributed by atoms with Crippen LogP contribution in [0.15, 0.2) is 23.4 Å². The van der Waals surface area contributed by atoms with E-state index in [1.54, 1.807) is 0 Å². The minimum atomic E-state index is -3.68. The third kappa shape index (κ3) is 3.71. The van der Waals surface area contributed by atoms with Crippen LogP contribution in [0, 0.1) is 5.82 Å². The molecule has 2 N–H and O–H groups in total. The van der Waals surface area contributed by atoms with Gasteiger partial charge in [0.05, 0.1) is 6.20 Å². The Balaban J connectivity index is 2.02. The SMILES string of the molecule is CNC1CCC(NS(=O)(=O)c2cncc(F)c2)CC1. The van der Waals surface area contributed by atoms with Gasteiger partial charge < -0.3 is 5.32 Å². The van der Waals surface area contributed by atoms with Gasteiger partial charge in [-0.1, -0.05) is 0 Å². The Morgan fingerprint density at radius 1 is 1.21 bits per heavy atom. The summed E-state index contributed by atoms with van der Waals surface area (Å²) in [6, 6.07) is 1.35. The van der Waals surface area contributed by atoms with E-state index >= 15 is 0 Å². The molecule has 19 heavy (non-hydrogen) atoms. The summed E-state index contributed by atoms with van der Waals surface area (Å²) in [5, 5.41) is 3.19. The van der Waals surface area contributed by atoms with Crippen molar-refractivity contribution in [3.05, 3.63) is 24.3 Å². The maximum absolute atomic E-state index is 13.0. The number of nitrogens with zero attached hydrogens (tertiary/aromatic N) is 1. The second kappa shape index (κ2) is 5.94. The van der Waals surface area contributed by atoms with Gasteiger partial charge in [0.15, 0.2) is 0 Å². The van der Waals surface area contributed by atoms with E-state index in [1.807, 2.05) is 7.05 Å². The molecule has 0 aliphatic heterocycles. The van der Waals surface area contributed by atoms with Crippen LogP contribution in [-0.2, 0) is 10.0 Å². The average Bonchev–Trinajstić information content (AvgIpc) is 2.39. The molecule has 1 aliphatic rings. The molecule has 1 aliphatic carbocycles. The van der Waals surface area contributed by atoms with E-state index in [0.29, 0.717) is 6.04 Å². The zero-order chi connectivity index (χ0) is 13.9. The number of nitrogens with one attached hydrogen (secondary N) is 2. The van der Waals surface area contributed by atoms with E-state index in [4.69, 9.17) is 0 Å². The van der Waals surface area contributed by atoms with Crippen molar-refractivity contribution in [2.75, 3.05) is 7.05 Å². The molecule has 7 heteroatoms. The van der Waals surface area contributed by atoms with Gasteiger partial charge in [-0.25, -0.2) is 17.5 Å². The van der Waals surface area contributed by atoms with Gasteiger partial charge in [0.25, 0.3) is 0 Å². The molecule has 0 atom stereocenters. The molecule has 0 bridgehead atoms. The Morgan fingerprint density at radius 3 is 2.42 bits per heavy atom. The highest BCUT2D eigenvalue weighted by Crippen LogP contribution is 2.20. The summed E-state index contributed by atoms with van der Waals surface area (Å²) in [6.07, 6.45) is 5.58. The molecule has 0 aromatic carbocycles. The van der Waals surface area contributed by atoms with Crippen LogP contribution in [0.4, 0.5) is 4.39 Å². The van der Waals surface area contributed by atoms with Crippen molar-refractivity contribution in [1.29, 1.82) is 0 Å². The third-order valence-corrected chi connectivity index (χ3v) is 4.93. The molecule has 0 unspecified atom stereocenters. The summed E-state index contributed by atoms with van der Waals surface area (Å²) in [6.45, 7) is 0. The van der Waals surface area contributed by atoms with Gasteiger partial charge in [0, 0.05) is 18.3 Å². The maximum Gasteiger partial charge on any atom is 0.242 e. The van der Waals surface area contributed by atoms with Crippen molar-refractivity contribution < 1.29 is 12.8 Å². The number of rotatable bonds is 4. The highest BCUT2D eigenvalue weighted by molar-refractivity contribution is 7.89. The van der Waals surface area contributed by atoms with Crippen LogP contribution in [0.3, 0.4) is 0 Å². The lowest BCUT2D eigenvalue weighted by Gasteiger charge is -2.28. The predicted molar refractivity (Wildman–Crippen MR) is 69.6 cm³/mol. The van der Waals surface area contributed by atoms with Crippen LogP contribution >= 0.6 is 0 Å². The largest absolute Gasteiger partial charge is 0.317 e. The normalized spacial score (nSPS) is 24.3. The van der Waals surface area contributed by atoms with Gasteiger partial charge >= 0.3 is 0 Å². The van der Waals surface area contributed by atoms with Gasteiger partial charge in [-0.05, 0) is 38.8 Å². The summed E-state index contributed by atoms with van der Waals surface area (Å²) in [7, 11) is -1.77. The molecular formula is C12H18FN3O2S. The fourth-order valence-corrected chi connectivity index (χ4v) is 3.60. The molecule has 0 saturated heterocycles. The van der Waals surface area contributed by atoms with Crippen LogP contribution in [0.5, 0.6) is 0 Å². The van der Waals surface area contributed by atoms with Gasteiger partial charge in [0.1, 0.15) is 10.7 Å². The zero-order valence-electron chi connectivity index (χ0n) is 10.8. The first-order valence-corrected chi connectivity index (χ1v) is 7.80. The number of pyridine rings is 1. The van der Waals surface area contributed by atoms with Crippen molar-refractivity contribution in [2.24, 2.45) is 0 Å². The average molecular weight is 287 g/mol. The lowest BCUT2D eigenvalue weighted by molar-refractivity contribution is 0.342. The molecule has 106 valence electrons. The van der Waals surface area contributed by atoms with E-state index in [2.05, 4.69) is 15.0 Å². The highest BCUT2D eigenvalue weighted by Gasteiger charge is 2.25. The van der Waals surface area contributed by atoms with Gasteiger partial charge in [-0.15, -0.1) is 0 Å². The summed E-state index contributed by atoms with van der Waals surface area (Å²) in [4.78, 5) is 3.44. The zero-order valence-corrected chi connectivity index (χ0v) is 11.6. The summed E-state index contributed by atoms with van der Waals surface area (Å²) in [5.41, 5.74) is 0. The molecule has 1 fully saturated rings. The van der Waals surface area contributed by atoms with E-state index in [-0.39, 0.29) is 10.9 Å². The van der Waals surface area contributed by atoms with E-state index in [1.165, 1.54) is 0 Å². The molecule has 0 amide bonds. The number of sulfonamides is 1. The van der Waals surface area contributed by atoms with Crippen molar-refractivity contribution >= 4 is 10.0 Å². The molecule has 1 aromatic heterocycles. The molecular weight excluding hydrogens is 269 g/mol. The molecule has 0 spiro atoms. The second-order valence-electron chi connectivity index (χ2n) is 4.80. The van der Waals surface area contributed by atoms with E-state index in [0.717, 1.165) is 44.1 Å². The molecule has 2 rings (SSSR count). The Hall–Kier alpha value is -1.05. The van der Waals surface area contributed by atoms with Crippen molar-refractivity contribution in [3.8, 4) is 0 Å². The monoisotopic (exact) mass is 287 g/mol. The molecule has 1 heterocycles. The van der Waals surface area contributed by atoms with Gasteiger partial charge in [-0.2, -0.15) is 0 Å². The number of hydrogen-bond donors (Lipinski definition) is 2. The Labute approximate surface area is 112 Å². The van der Waals surface area contributed by atoms with E-state index < -0.39 is 15.8 Å². The number of hydrogen-bond acceptors (Lipinski definition) is 4. The van der Waals surface area contributed by atoms with Crippen LogP contribution in [0.25, 0.3) is 0 Å². The van der Waals surface area contributed by atoms with Crippen LogP contribution in [0.1, 0.15) is 25.7 Å². The molecule has 5 nitrogen and oxygen atoms in total. The minimum Gasteiger partial charge on any atom is -0.317 e. The molecule has 1 saturated carbocycles. The topological polar surface area (TPSA) is 71.1 Å². The second-order valence-corrected chi connectivity index (χ2v) is 6.51. The standard InChI is InChI=1S/C12H18FN3O2S/c1-14-10-2-4-11(5-3-10)16-19(17,18)12-6-9(13)7-15-8-12/h6-8,10-11,14,16H,2-5H2,1H3. The fourth-order valence-electron chi connectivity index (χ4n) is 2.33. The lowest BCUT2D eigenvalue weighted by Crippen LogP contribution is -2.41. The summed E-state index contributed by atoms with van der Waals surface area (Å²) < 4.78 is 39.8. The quantitative estimate of drug-likeness (QED) is 0.867. The van der Waals surface area contributed by atoms with Gasteiger partial charge in [0.2, 0.25) is 10.0 Å². The summed E-state index contributed by atoms with van der Waals surface area (Å²) >= 11 is 0. The fraction of sp³-hybridized carbons (Fsp3) is 0.583. The molecule has 0 radical (unpaired) electrons. The first-order chi connectivity index (χ1) is 9.01. The first kappa shape index (κ1) is 14.4. The Morgan fingerprint density at radius 2 is 1.84 bits per heavy atom. The van der Waals surface area contributed by atoms with Crippen molar-refractivity contribution in [1.82, 2.24) is 15.0 Å². The Kier molecular flexibility index (Phi) is 4.49. The first-order valence-electron chi connectivity index (χ1n) is 6.31. The van der Waals surface area contributed by atoms with Crippen molar-refractivity contribution in [3.63, 3.8) is 0 Å². The van der Waals surface area contributed by atoms with Crippen LogP contribution in [0.2, 0.25) is 0 Å². The Bertz CT molecular complexity index is 528. The van der Waals surface area contributed by atoms with Crippen LogP contribution in [-0.4, -0.2) is 32.5 Å². The lowest BCUT2D eigenvalue weighted by atomic mass is 9.92. The molecule has 1 aromatic rings.